The molecular weight excluding hydrogens is 394 g/mol. The van der Waals surface area contributed by atoms with Gasteiger partial charge in [-0.05, 0) is 81.8 Å². The number of rotatable bonds is 7. The molecule has 0 aliphatic heterocycles. The molecule has 1 atom stereocenters. The summed E-state index contributed by atoms with van der Waals surface area (Å²) in [5.74, 6) is 3.48. The van der Waals surface area contributed by atoms with Crippen LogP contribution in [0.1, 0.15) is 58.8 Å². The molecular formula is C23H31N5OS. The molecule has 4 saturated carbocycles. The average molecular weight is 426 g/mol. The second-order valence-corrected chi connectivity index (χ2v) is 10.9. The summed E-state index contributed by atoms with van der Waals surface area (Å²) in [7, 11) is 0. The zero-order chi connectivity index (χ0) is 20.7. The molecule has 1 amide bonds. The van der Waals surface area contributed by atoms with Gasteiger partial charge >= 0.3 is 0 Å². The van der Waals surface area contributed by atoms with Crippen LogP contribution in [0.25, 0.3) is 11.4 Å². The van der Waals surface area contributed by atoms with E-state index in [-0.39, 0.29) is 16.7 Å². The molecule has 4 aliphatic rings. The van der Waals surface area contributed by atoms with Gasteiger partial charge in [0, 0.05) is 30.0 Å². The molecule has 0 saturated heterocycles. The van der Waals surface area contributed by atoms with Crippen LogP contribution in [-0.4, -0.2) is 36.4 Å². The van der Waals surface area contributed by atoms with Crippen molar-refractivity contribution >= 4 is 17.7 Å². The van der Waals surface area contributed by atoms with Gasteiger partial charge in [-0.15, -0.1) is 10.2 Å². The van der Waals surface area contributed by atoms with E-state index in [9.17, 15) is 4.79 Å². The molecule has 2 aromatic heterocycles. The molecule has 160 valence electrons. The Morgan fingerprint density at radius 1 is 1.17 bits per heavy atom. The Kier molecular flexibility index (Phi) is 5.33. The third kappa shape index (κ3) is 3.77. The Bertz CT molecular complexity index is 876. The van der Waals surface area contributed by atoms with Gasteiger partial charge in [-0.1, -0.05) is 18.7 Å². The Balaban J connectivity index is 1.30. The minimum atomic E-state index is -0.192. The molecule has 0 aromatic carbocycles. The summed E-state index contributed by atoms with van der Waals surface area (Å²) >= 11 is 1.52. The van der Waals surface area contributed by atoms with Gasteiger partial charge in [-0.3, -0.25) is 9.78 Å². The Hall–Kier alpha value is -1.89. The highest BCUT2D eigenvalue weighted by molar-refractivity contribution is 8.00. The van der Waals surface area contributed by atoms with Crippen LogP contribution in [0.4, 0.5) is 0 Å². The molecule has 6 nitrogen and oxygen atoms in total. The first-order valence-electron chi connectivity index (χ1n) is 11.4. The summed E-state index contributed by atoms with van der Waals surface area (Å²) in [5, 5.41) is 13.0. The molecule has 2 heterocycles. The van der Waals surface area contributed by atoms with E-state index in [0.717, 1.165) is 47.3 Å². The quantitative estimate of drug-likeness (QED) is 0.669. The zero-order valence-corrected chi connectivity index (χ0v) is 18.7. The number of pyridine rings is 1. The molecule has 0 spiro atoms. The lowest BCUT2D eigenvalue weighted by Crippen LogP contribution is -2.60. The molecule has 2 aromatic rings. The van der Waals surface area contributed by atoms with Crippen LogP contribution in [0.3, 0.4) is 0 Å². The molecule has 6 rings (SSSR count). The summed E-state index contributed by atoms with van der Waals surface area (Å²) in [4.78, 5) is 17.3. The number of hydrogen-bond donors (Lipinski definition) is 1. The van der Waals surface area contributed by atoms with Gasteiger partial charge in [-0.2, -0.15) is 0 Å². The third-order valence-electron chi connectivity index (χ3n) is 7.18. The van der Waals surface area contributed by atoms with Gasteiger partial charge in [0.1, 0.15) is 0 Å². The maximum atomic E-state index is 13.2. The third-order valence-corrected chi connectivity index (χ3v) is 8.26. The largest absolute Gasteiger partial charge is 0.350 e. The summed E-state index contributed by atoms with van der Waals surface area (Å²) in [6.45, 7) is 4.97. The second-order valence-electron chi connectivity index (χ2n) is 9.64. The zero-order valence-electron chi connectivity index (χ0n) is 17.9. The summed E-state index contributed by atoms with van der Waals surface area (Å²) in [5.41, 5.74) is 1.06. The second kappa shape index (κ2) is 7.98. The number of carbonyl (C=O) groups is 1. The van der Waals surface area contributed by atoms with Crippen molar-refractivity contribution in [2.24, 2.45) is 17.8 Å². The van der Waals surface area contributed by atoms with Gasteiger partial charge < -0.3 is 9.88 Å². The van der Waals surface area contributed by atoms with Crippen LogP contribution < -0.4 is 5.32 Å². The highest BCUT2D eigenvalue weighted by Gasteiger charge is 2.51. The van der Waals surface area contributed by atoms with Gasteiger partial charge in [-0.25, -0.2) is 0 Å². The maximum absolute atomic E-state index is 13.2. The minimum Gasteiger partial charge on any atom is -0.350 e. The summed E-state index contributed by atoms with van der Waals surface area (Å²) in [6.07, 6.45) is 12.2. The van der Waals surface area contributed by atoms with E-state index in [1.54, 1.807) is 12.4 Å². The van der Waals surface area contributed by atoms with E-state index in [0.29, 0.717) is 0 Å². The van der Waals surface area contributed by atoms with E-state index < -0.39 is 0 Å². The number of thioether (sulfide) groups is 1. The summed E-state index contributed by atoms with van der Waals surface area (Å²) in [6, 6.07) is 3.90. The molecule has 30 heavy (non-hydrogen) atoms. The van der Waals surface area contributed by atoms with Crippen molar-refractivity contribution in [3.05, 3.63) is 24.5 Å². The van der Waals surface area contributed by atoms with Crippen molar-refractivity contribution in [2.45, 2.75) is 81.3 Å². The van der Waals surface area contributed by atoms with Gasteiger partial charge in [0.15, 0.2) is 11.0 Å². The minimum absolute atomic E-state index is 0.0555. The molecule has 1 N–H and O–H groups in total. The van der Waals surface area contributed by atoms with Crippen molar-refractivity contribution in [1.29, 1.82) is 0 Å². The molecule has 1 unspecified atom stereocenters. The van der Waals surface area contributed by atoms with Crippen LogP contribution in [0.2, 0.25) is 0 Å². The van der Waals surface area contributed by atoms with E-state index in [4.69, 9.17) is 0 Å². The van der Waals surface area contributed by atoms with E-state index >= 15 is 0 Å². The number of amides is 1. The lowest BCUT2D eigenvalue weighted by molar-refractivity contribution is -0.126. The molecule has 0 radical (unpaired) electrons. The molecule has 7 heteroatoms. The number of nitrogens with zero attached hydrogens (tertiary/aromatic N) is 4. The highest BCUT2D eigenvalue weighted by Crippen LogP contribution is 2.55. The van der Waals surface area contributed by atoms with Crippen LogP contribution in [0.5, 0.6) is 0 Å². The fraction of sp³-hybridized carbons (Fsp3) is 0.652. The first-order valence-corrected chi connectivity index (χ1v) is 12.3. The monoisotopic (exact) mass is 425 g/mol. The lowest BCUT2D eigenvalue weighted by Gasteiger charge is -2.57. The van der Waals surface area contributed by atoms with E-state index in [1.165, 1.54) is 50.3 Å². The SMILES string of the molecule is CCCn1c(SC(C)C(=O)NC23CC4CC(CC(C4)C2)C3)nnc1-c1ccncc1. The number of nitrogens with one attached hydrogen (secondary N) is 1. The standard InChI is InChI=1S/C23H31N5OS/c1-3-8-28-20(19-4-6-24-7-5-19)26-27-22(28)30-15(2)21(29)25-23-12-16-9-17(13-23)11-18(10-16)14-23/h4-7,15-18H,3,8-14H2,1-2H3,(H,25,29). The average Bonchev–Trinajstić information content (AvgIpc) is 3.10. The van der Waals surface area contributed by atoms with Crippen molar-refractivity contribution in [2.75, 3.05) is 0 Å². The van der Waals surface area contributed by atoms with Crippen LogP contribution in [0, 0.1) is 17.8 Å². The lowest BCUT2D eigenvalue weighted by atomic mass is 9.53. The van der Waals surface area contributed by atoms with E-state index in [2.05, 4.69) is 32.0 Å². The number of carbonyl (C=O) groups excluding carboxylic acids is 1. The van der Waals surface area contributed by atoms with Crippen LogP contribution in [-0.2, 0) is 11.3 Å². The molecule has 4 bridgehead atoms. The Labute approximate surface area is 182 Å². The fourth-order valence-electron chi connectivity index (χ4n) is 6.35. The van der Waals surface area contributed by atoms with E-state index in [1.807, 2.05) is 19.1 Å². The Morgan fingerprint density at radius 3 is 2.40 bits per heavy atom. The van der Waals surface area contributed by atoms with Crippen molar-refractivity contribution in [1.82, 2.24) is 25.1 Å². The van der Waals surface area contributed by atoms with Crippen molar-refractivity contribution in [3.63, 3.8) is 0 Å². The Morgan fingerprint density at radius 2 is 1.80 bits per heavy atom. The van der Waals surface area contributed by atoms with Crippen molar-refractivity contribution in [3.8, 4) is 11.4 Å². The van der Waals surface area contributed by atoms with Crippen LogP contribution >= 0.6 is 11.8 Å². The van der Waals surface area contributed by atoms with Gasteiger partial charge in [0.2, 0.25) is 5.91 Å². The maximum Gasteiger partial charge on any atom is 0.233 e. The predicted octanol–water partition coefficient (Wildman–Crippen LogP) is 4.32. The van der Waals surface area contributed by atoms with Crippen LogP contribution in [0.15, 0.2) is 29.7 Å². The predicted molar refractivity (Wildman–Crippen MR) is 118 cm³/mol. The first kappa shape index (κ1) is 20.0. The highest BCUT2D eigenvalue weighted by atomic mass is 32.2. The topological polar surface area (TPSA) is 72.7 Å². The number of hydrogen-bond acceptors (Lipinski definition) is 5. The van der Waals surface area contributed by atoms with Gasteiger partial charge in [0.05, 0.1) is 5.25 Å². The molecule has 4 fully saturated rings. The van der Waals surface area contributed by atoms with Crippen molar-refractivity contribution < 1.29 is 4.79 Å². The smallest absolute Gasteiger partial charge is 0.233 e. The molecule has 4 aliphatic carbocycles. The van der Waals surface area contributed by atoms with Gasteiger partial charge in [0.25, 0.3) is 0 Å². The normalized spacial score (nSPS) is 30.4. The fourth-order valence-corrected chi connectivity index (χ4v) is 7.23. The number of aromatic nitrogens is 4. The first-order chi connectivity index (χ1) is 14.5. The summed E-state index contributed by atoms with van der Waals surface area (Å²) < 4.78 is 2.13.